The molecule has 1 aliphatic rings. The van der Waals surface area contributed by atoms with Crippen molar-refractivity contribution in [2.75, 3.05) is 36.0 Å². The minimum Gasteiger partial charge on any atom is -0.355 e. The lowest BCUT2D eigenvalue weighted by Crippen LogP contribution is -2.31. The zero-order chi connectivity index (χ0) is 19.3. The van der Waals surface area contributed by atoms with Crippen LogP contribution in [0.15, 0.2) is 42.7 Å². The third-order valence-electron chi connectivity index (χ3n) is 4.99. The van der Waals surface area contributed by atoms with Gasteiger partial charge in [0, 0.05) is 55.9 Å². The van der Waals surface area contributed by atoms with E-state index < -0.39 is 0 Å². The van der Waals surface area contributed by atoms with Gasteiger partial charge in [-0.05, 0) is 44.0 Å². The Bertz CT molecular complexity index is 912. The van der Waals surface area contributed by atoms with Crippen LogP contribution in [0.25, 0.3) is 11.4 Å². The molecule has 7 nitrogen and oxygen atoms in total. The summed E-state index contributed by atoms with van der Waals surface area (Å²) in [6.07, 6.45) is 5.49. The van der Waals surface area contributed by atoms with E-state index in [1.54, 1.807) is 12.4 Å². The highest BCUT2D eigenvalue weighted by molar-refractivity contribution is 5.57. The Hall–Kier alpha value is -3.09. The molecular formula is C21H25N7. The number of aromatic nitrogens is 5. The molecule has 0 saturated carbocycles. The number of pyridine rings is 1. The molecule has 144 valence electrons. The maximum atomic E-state index is 4.87. The van der Waals surface area contributed by atoms with Crippen LogP contribution in [0.5, 0.6) is 0 Å². The van der Waals surface area contributed by atoms with Gasteiger partial charge >= 0.3 is 0 Å². The third-order valence-corrected chi connectivity index (χ3v) is 4.99. The number of hydrogen-bond acceptors (Lipinski definition) is 7. The molecule has 0 radical (unpaired) electrons. The van der Waals surface area contributed by atoms with E-state index in [0.29, 0.717) is 0 Å². The quantitative estimate of drug-likeness (QED) is 0.694. The summed E-state index contributed by atoms with van der Waals surface area (Å²) in [6.45, 7) is 7.81. The normalized spacial score (nSPS) is 14.8. The van der Waals surface area contributed by atoms with Crippen LogP contribution in [0.3, 0.4) is 0 Å². The molecule has 3 aromatic heterocycles. The van der Waals surface area contributed by atoms with Crippen molar-refractivity contribution in [1.29, 1.82) is 0 Å². The van der Waals surface area contributed by atoms with Gasteiger partial charge < -0.3 is 9.80 Å². The van der Waals surface area contributed by atoms with Gasteiger partial charge in [0.05, 0.1) is 5.69 Å². The van der Waals surface area contributed by atoms with E-state index in [1.807, 2.05) is 25.1 Å². The molecule has 1 fully saturated rings. The van der Waals surface area contributed by atoms with Gasteiger partial charge in [-0.15, -0.1) is 5.10 Å². The Morgan fingerprint density at radius 1 is 0.857 bits per heavy atom. The highest BCUT2D eigenvalue weighted by Gasteiger charge is 2.19. The monoisotopic (exact) mass is 375 g/mol. The first-order chi connectivity index (χ1) is 13.7. The predicted molar refractivity (Wildman–Crippen MR) is 110 cm³/mol. The Morgan fingerprint density at radius 2 is 1.61 bits per heavy atom. The summed E-state index contributed by atoms with van der Waals surface area (Å²) in [5, 5.41) is 8.55. The minimum absolute atomic E-state index is 0.766. The number of hydrogen-bond donors (Lipinski definition) is 0. The standard InChI is InChI=1S/C21H25N7/c1-3-18-15-20(24-21(23-18)17-7-9-22-10-8-17)28-12-4-11-27(13-14-28)19-6-5-16(2)25-26-19/h5-10,15H,3-4,11-14H2,1-2H3. The summed E-state index contributed by atoms with van der Waals surface area (Å²) in [6, 6.07) is 10.1. The van der Waals surface area contributed by atoms with E-state index in [1.165, 1.54) is 0 Å². The molecule has 4 rings (SSSR count). The molecule has 1 saturated heterocycles. The molecule has 0 aromatic carbocycles. The van der Waals surface area contributed by atoms with Crippen molar-refractivity contribution in [3.63, 3.8) is 0 Å². The first-order valence-electron chi connectivity index (χ1n) is 9.81. The molecular weight excluding hydrogens is 350 g/mol. The maximum absolute atomic E-state index is 4.87. The van der Waals surface area contributed by atoms with Crippen LogP contribution in [0.1, 0.15) is 24.7 Å². The SMILES string of the molecule is CCc1cc(N2CCCN(c3ccc(C)nn3)CC2)nc(-c2ccncc2)n1. The Balaban J connectivity index is 1.56. The Morgan fingerprint density at radius 3 is 2.29 bits per heavy atom. The number of rotatable bonds is 4. The van der Waals surface area contributed by atoms with Crippen LogP contribution in [-0.4, -0.2) is 51.3 Å². The van der Waals surface area contributed by atoms with Crippen molar-refractivity contribution in [1.82, 2.24) is 25.1 Å². The fraction of sp³-hybridized carbons (Fsp3) is 0.381. The molecule has 0 unspecified atom stereocenters. The fourth-order valence-electron chi connectivity index (χ4n) is 3.39. The minimum atomic E-state index is 0.766. The van der Waals surface area contributed by atoms with Gasteiger partial charge in [0.1, 0.15) is 5.82 Å². The van der Waals surface area contributed by atoms with Crippen LogP contribution >= 0.6 is 0 Å². The first-order valence-corrected chi connectivity index (χ1v) is 9.81. The van der Waals surface area contributed by atoms with E-state index in [2.05, 4.69) is 44.0 Å². The molecule has 0 aliphatic carbocycles. The topological polar surface area (TPSA) is 70.9 Å². The van der Waals surface area contributed by atoms with E-state index in [-0.39, 0.29) is 0 Å². The molecule has 0 amide bonds. The molecule has 0 N–H and O–H groups in total. The third kappa shape index (κ3) is 4.08. The van der Waals surface area contributed by atoms with Crippen LogP contribution < -0.4 is 9.80 Å². The molecule has 0 bridgehead atoms. The second kappa shape index (κ2) is 8.29. The highest BCUT2D eigenvalue weighted by Crippen LogP contribution is 2.22. The molecule has 28 heavy (non-hydrogen) atoms. The average molecular weight is 375 g/mol. The number of aryl methyl sites for hydroxylation is 2. The lowest BCUT2D eigenvalue weighted by atomic mass is 10.2. The summed E-state index contributed by atoms with van der Waals surface area (Å²) in [5.41, 5.74) is 3.00. The van der Waals surface area contributed by atoms with Gasteiger partial charge in [-0.25, -0.2) is 9.97 Å². The summed E-state index contributed by atoms with van der Waals surface area (Å²) < 4.78 is 0. The predicted octanol–water partition coefficient (Wildman–Crippen LogP) is 2.92. The van der Waals surface area contributed by atoms with E-state index >= 15 is 0 Å². The van der Waals surface area contributed by atoms with Gasteiger partial charge in [0.15, 0.2) is 11.6 Å². The second-order valence-electron chi connectivity index (χ2n) is 6.99. The smallest absolute Gasteiger partial charge is 0.161 e. The van der Waals surface area contributed by atoms with E-state index in [9.17, 15) is 0 Å². The average Bonchev–Trinajstić information content (AvgIpc) is 3.01. The lowest BCUT2D eigenvalue weighted by molar-refractivity contribution is 0.782. The van der Waals surface area contributed by atoms with Crippen molar-refractivity contribution in [2.24, 2.45) is 0 Å². The van der Waals surface area contributed by atoms with E-state index in [0.717, 1.165) is 73.4 Å². The number of nitrogens with zero attached hydrogens (tertiary/aromatic N) is 7. The fourth-order valence-corrected chi connectivity index (χ4v) is 3.39. The van der Waals surface area contributed by atoms with Crippen molar-refractivity contribution >= 4 is 11.6 Å². The van der Waals surface area contributed by atoms with Crippen LogP contribution in [-0.2, 0) is 6.42 Å². The summed E-state index contributed by atoms with van der Waals surface area (Å²) >= 11 is 0. The molecule has 0 atom stereocenters. The lowest BCUT2D eigenvalue weighted by Gasteiger charge is -2.24. The van der Waals surface area contributed by atoms with E-state index in [4.69, 9.17) is 9.97 Å². The molecule has 7 heteroatoms. The zero-order valence-electron chi connectivity index (χ0n) is 16.4. The van der Waals surface area contributed by atoms with Crippen LogP contribution in [0.2, 0.25) is 0 Å². The number of anilines is 2. The van der Waals surface area contributed by atoms with Crippen molar-refractivity contribution in [3.8, 4) is 11.4 Å². The zero-order valence-corrected chi connectivity index (χ0v) is 16.4. The molecule has 0 spiro atoms. The molecule has 1 aliphatic heterocycles. The van der Waals surface area contributed by atoms with Gasteiger partial charge in [-0.2, -0.15) is 5.10 Å². The van der Waals surface area contributed by atoms with Crippen LogP contribution in [0, 0.1) is 6.92 Å². The van der Waals surface area contributed by atoms with Crippen molar-refractivity contribution in [2.45, 2.75) is 26.7 Å². The van der Waals surface area contributed by atoms with Gasteiger partial charge in [-0.3, -0.25) is 4.98 Å². The Labute approximate surface area is 165 Å². The van der Waals surface area contributed by atoms with Gasteiger partial charge in [0.25, 0.3) is 0 Å². The molecule has 3 aromatic rings. The second-order valence-corrected chi connectivity index (χ2v) is 6.99. The Kier molecular flexibility index (Phi) is 5.41. The van der Waals surface area contributed by atoms with Gasteiger partial charge in [0.2, 0.25) is 0 Å². The molecule has 4 heterocycles. The van der Waals surface area contributed by atoms with Crippen LogP contribution in [0.4, 0.5) is 11.6 Å². The maximum Gasteiger partial charge on any atom is 0.161 e. The van der Waals surface area contributed by atoms with Gasteiger partial charge in [-0.1, -0.05) is 6.92 Å². The first kappa shape index (κ1) is 18.3. The highest BCUT2D eigenvalue weighted by atomic mass is 15.3. The van der Waals surface area contributed by atoms with Crippen molar-refractivity contribution in [3.05, 3.63) is 54.1 Å². The summed E-state index contributed by atoms with van der Waals surface area (Å²) in [4.78, 5) is 18.3. The summed E-state index contributed by atoms with van der Waals surface area (Å²) in [7, 11) is 0. The van der Waals surface area contributed by atoms with Crippen molar-refractivity contribution < 1.29 is 0 Å². The largest absolute Gasteiger partial charge is 0.355 e. The summed E-state index contributed by atoms with van der Waals surface area (Å²) in [5.74, 6) is 2.71.